The number of methoxy groups -OCH3 is 2. The predicted octanol–water partition coefficient (Wildman–Crippen LogP) is 1.38. The lowest BCUT2D eigenvalue weighted by molar-refractivity contribution is 0.0785. The van der Waals surface area contributed by atoms with Crippen LogP contribution in [0.15, 0.2) is 30.6 Å². The summed E-state index contributed by atoms with van der Waals surface area (Å²) in [6.07, 6.45) is 4.16. The average Bonchev–Trinajstić information content (AvgIpc) is 3.24. The summed E-state index contributed by atoms with van der Waals surface area (Å²) in [5.74, 6) is 1.15. The van der Waals surface area contributed by atoms with Gasteiger partial charge in [-0.1, -0.05) is 0 Å². The van der Waals surface area contributed by atoms with Gasteiger partial charge in [-0.05, 0) is 24.6 Å². The highest BCUT2D eigenvalue weighted by Crippen LogP contribution is 2.29. The molecule has 1 aliphatic heterocycles. The van der Waals surface area contributed by atoms with Crippen molar-refractivity contribution in [3.63, 3.8) is 0 Å². The molecular formula is C15H18N4O3. The van der Waals surface area contributed by atoms with E-state index in [4.69, 9.17) is 9.47 Å². The molecule has 0 radical (unpaired) electrons. The summed E-state index contributed by atoms with van der Waals surface area (Å²) in [6, 6.07) is 5.34. The van der Waals surface area contributed by atoms with Crippen LogP contribution in [0.5, 0.6) is 11.5 Å². The maximum absolute atomic E-state index is 12.6. The van der Waals surface area contributed by atoms with E-state index in [2.05, 4.69) is 10.2 Å². The largest absolute Gasteiger partial charge is 0.493 e. The van der Waals surface area contributed by atoms with Gasteiger partial charge < -0.3 is 14.4 Å². The van der Waals surface area contributed by atoms with Gasteiger partial charge in [0.25, 0.3) is 5.91 Å². The van der Waals surface area contributed by atoms with Crippen molar-refractivity contribution in [3.8, 4) is 11.5 Å². The summed E-state index contributed by atoms with van der Waals surface area (Å²) in [6.45, 7) is 1.31. The number of carbonyl (C=O) groups excluding carboxylic acids is 1. The van der Waals surface area contributed by atoms with Crippen LogP contribution in [0, 0.1) is 0 Å². The van der Waals surface area contributed by atoms with Crippen LogP contribution in [0.25, 0.3) is 0 Å². The third kappa shape index (κ3) is 2.61. The van der Waals surface area contributed by atoms with E-state index in [1.807, 2.05) is 4.90 Å². The lowest BCUT2D eigenvalue weighted by Gasteiger charge is -2.17. The molecule has 0 saturated carbocycles. The summed E-state index contributed by atoms with van der Waals surface area (Å²) in [5, 5.41) is 8.29. The molecule has 1 aliphatic rings. The van der Waals surface area contributed by atoms with Crippen molar-refractivity contribution in [2.45, 2.75) is 12.5 Å². The molecule has 1 amide bonds. The zero-order valence-electron chi connectivity index (χ0n) is 12.6. The maximum atomic E-state index is 12.6. The van der Waals surface area contributed by atoms with E-state index >= 15 is 0 Å². The number of nitrogens with zero attached hydrogens (tertiary/aromatic N) is 4. The van der Waals surface area contributed by atoms with Gasteiger partial charge >= 0.3 is 0 Å². The summed E-state index contributed by atoms with van der Waals surface area (Å²) in [7, 11) is 3.13. The maximum Gasteiger partial charge on any atom is 0.254 e. The van der Waals surface area contributed by atoms with Gasteiger partial charge in [0.05, 0.1) is 32.7 Å². The summed E-state index contributed by atoms with van der Waals surface area (Å²) >= 11 is 0. The summed E-state index contributed by atoms with van der Waals surface area (Å²) in [5.41, 5.74) is 0.590. The molecule has 1 aromatic heterocycles. The minimum atomic E-state index is -0.0180. The van der Waals surface area contributed by atoms with E-state index in [-0.39, 0.29) is 11.9 Å². The number of rotatable bonds is 4. The quantitative estimate of drug-likeness (QED) is 0.853. The number of hydrogen-bond donors (Lipinski definition) is 0. The Hall–Kier alpha value is -2.57. The highest BCUT2D eigenvalue weighted by molar-refractivity contribution is 5.95. The molecular weight excluding hydrogens is 284 g/mol. The molecule has 1 unspecified atom stereocenters. The van der Waals surface area contributed by atoms with Crippen molar-refractivity contribution in [1.29, 1.82) is 0 Å². The van der Waals surface area contributed by atoms with E-state index in [0.717, 1.165) is 6.42 Å². The van der Waals surface area contributed by atoms with E-state index in [1.165, 1.54) is 0 Å². The van der Waals surface area contributed by atoms with Gasteiger partial charge in [0.1, 0.15) is 0 Å². The van der Waals surface area contributed by atoms with Crippen molar-refractivity contribution in [2.24, 2.45) is 0 Å². The SMILES string of the molecule is COc1ccc(C(=O)N2CCC(n3nccn3)C2)cc1OC. The number of carbonyl (C=O) groups is 1. The predicted molar refractivity (Wildman–Crippen MR) is 79.1 cm³/mol. The monoisotopic (exact) mass is 302 g/mol. The third-order valence-corrected chi connectivity index (χ3v) is 3.84. The molecule has 2 heterocycles. The van der Waals surface area contributed by atoms with Gasteiger partial charge in [-0.25, -0.2) is 0 Å². The van der Waals surface area contributed by atoms with Crippen molar-refractivity contribution in [3.05, 3.63) is 36.2 Å². The molecule has 1 saturated heterocycles. The minimum Gasteiger partial charge on any atom is -0.493 e. The van der Waals surface area contributed by atoms with E-state index in [0.29, 0.717) is 30.2 Å². The molecule has 0 aliphatic carbocycles. The van der Waals surface area contributed by atoms with Gasteiger partial charge in [-0.2, -0.15) is 15.0 Å². The Balaban J connectivity index is 1.75. The number of hydrogen-bond acceptors (Lipinski definition) is 5. The van der Waals surface area contributed by atoms with Crippen LogP contribution in [0.1, 0.15) is 22.8 Å². The fraction of sp³-hybridized carbons (Fsp3) is 0.400. The average molecular weight is 302 g/mol. The van der Waals surface area contributed by atoms with Crippen LogP contribution in [-0.2, 0) is 0 Å². The van der Waals surface area contributed by atoms with Crippen LogP contribution < -0.4 is 9.47 Å². The van der Waals surface area contributed by atoms with Crippen LogP contribution in [-0.4, -0.2) is 53.1 Å². The van der Waals surface area contributed by atoms with Gasteiger partial charge in [0.2, 0.25) is 0 Å². The molecule has 1 fully saturated rings. The number of ether oxygens (including phenoxy) is 2. The van der Waals surface area contributed by atoms with Crippen LogP contribution in [0.2, 0.25) is 0 Å². The van der Waals surface area contributed by atoms with Gasteiger partial charge in [-0.15, -0.1) is 0 Å². The third-order valence-electron chi connectivity index (χ3n) is 3.84. The van der Waals surface area contributed by atoms with Crippen molar-refractivity contribution in [1.82, 2.24) is 19.9 Å². The van der Waals surface area contributed by atoms with Gasteiger partial charge in [-0.3, -0.25) is 4.79 Å². The molecule has 116 valence electrons. The highest BCUT2D eigenvalue weighted by Gasteiger charge is 2.29. The highest BCUT2D eigenvalue weighted by atomic mass is 16.5. The van der Waals surface area contributed by atoms with E-state index in [9.17, 15) is 4.79 Å². The number of benzene rings is 1. The summed E-state index contributed by atoms with van der Waals surface area (Å²) in [4.78, 5) is 16.1. The molecule has 2 aromatic rings. The van der Waals surface area contributed by atoms with E-state index < -0.39 is 0 Å². The number of amides is 1. The first-order chi connectivity index (χ1) is 10.7. The molecule has 7 nitrogen and oxygen atoms in total. The Kier molecular flexibility index (Phi) is 3.95. The van der Waals surface area contributed by atoms with E-state index in [1.54, 1.807) is 49.6 Å². The summed E-state index contributed by atoms with van der Waals surface area (Å²) < 4.78 is 10.4. The first kappa shape index (κ1) is 14.4. The Morgan fingerprint density at radius 3 is 2.59 bits per heavy atom. The van der Waals surface area contributed by atoms with Crippen LogP contribution in [0.4, 0.5) is 0 Å². The first-order valence-corrected chi connectivity index (χ1v) is 7.10. The fourth-order valence-electron chi connectivity index (χ4n) is 2.68. The Bertz CT molecular complexity index is 657. The molecule has 22 heavy (non-hydrogen) atoms. The molecule has 0 bridgehead atoms. The Labute approximate surface area is 128 Å². The lowest BCUT2D eigenvalue weighted by atomic mass is 10.1. The van der Waals surface area contributed by atoms with Crippen molar-refractivity contribution >= 4 is 5.91 Å². The van der Waals surface area contributed by atoms with Crippen molar-refractivity contribution in [2.75, 3.05) is 27.3 Å². The zero-order valence-corrected chi connectivity index (χ0v) is 12.6. The molecule has 7 heteroatoms. The Morgan fingerprint density at radius 1 is 1.18 bits per heavy atom. The topological polar surface area (TPSA) is 69.5 Å². The number of aromatic nitrogens is 3. The molecule has 0 N–H and O–H groups in total. The molecule has 1 atom stereocenters. The lowest BCUT2D eigenvalue weighted by Crippen LogP contribution is -2.29. The number of likely N-dealkylation sites (tertiary alicyclic amines) is 1. The van der Waals surface area contributed by atoms with Gasteiger partial charge in [0, 0.05) is 18.7 Å². The van der Waals surface area contributed by atoms with Crippen LogP contribution >= 0.6 is 0 Å². The second-order valence-electron chi connectivity index (χ2n) is 5.11. The smallest absolute Gasteiger partial charge is 0.254 e. The Morgan fingerprint density at radius 2 is 1.91 bits per heavy atom. The fourth-order valence-corrected chi connectivity index (χ4v) is 2.68. The minimum absolute atomic E-state index is 0.0180. The molecule has 1 aromatic carbocycles. The van der Waals surface area contributed by atoms with Gasteiger partial charge in [0.15, 0.2) is 11.5 Å². The van der Waals surface area contributed by atoms with Crippen molar-refractivity contribution < 1.29 is 14.3 Å². The molecule has 3 rings (SSSR count). The second-order valence-corrected chi connectivity index (χ2v) is 5.11. The normalized spacial score (nSPS) is 17.5. The zero-order chi connectivity index (χ0) is 15.5. The van der Waals surface area contributed by atoms with Crippen LogP contribution in [0.3, 0.4) is 0 Å². The second kappa shape index (κ2) is 6.05. The molecule has 0 spiro atoms. The standard InChI is InChI=1S/C15H18N4O3/c1-21-13-4-3-11(9-14(13)22-2)15(20)18-8-5-12(10-18)19-16-6-7-17-19/h3-4,6-7,9,12H,5,8,10H2,1-2H3. The first-order valence-electron chi connectivity index (χ1n) is 7.10.